The maximum Gasteiger partial charge on any atom is 0.413 e. The van der Waals surface area contributed by atoms with E-state index in [2.05, 4.69) is 31.3 Å². The largest absolute Gasteiger partial charge is 0.413 e. The molecule has 2 fully saturated rings. The number of amidine groups is 1. The van der Waals surface area contributed by atoms with Gasteiger partial charge in [0.15, 0.2) is 5.06 Å². The third-order valence-electron chi connectivity index (χ3n) is 5.20. The van der Waals surface area contributed by atoms with Crippen molar-refractivity contribution < 1.29 is 19.2 Å². The first-order chi connectivity index (χ1) is 15.0. The maximum atomic E-state index is 12.5. The molecule has 2 saturated heterocycles. The van der Waals surface area contributed by atoms with Gasteiger partial charge < -0.3 is 24.7 Å². The van der Waals surface area contributed by atoms with E-state index >= 15 is 0 Å². The van der Waals surface area contributed by atoms with Gasteiger partial charge in [0.2, 0.25) is 5.91 Å². The average Bonchev–Trinajstić information content (AvgIpc) is 3.33. The molecule has 10 heteroatoms. The van der Waals surface area contributed by atoms with Crippen molar-refractivity contribution in [3.63, 3.8) is 0 Å². The first kappa shape index (κ1) is 21.6. The minimum Gasteiger partial charge on any atom is -0.399 e. The maximum absolute atomic E-state index is 12.5. The zero-order valence-corrected chi connectivity index (χ0v) is 19.4. The summed E-state index contributed by atoms with van der Waals surface area (Å²) in [5.41, 5.74) is 1.82. The number of anilines is 2. The zero-order chi connectivity index (χ0) is 21.8. The molecule has 2 aliphatic heterocycles. The minimum absolute atomic E-state index is 0.0310. The standard InChI is InChI=1S/C21H23BrN4O4S/c1-29-24-18-4-2-3-11-25(18)15-5-7-16(8-6-15)26-13-14(12-19(26)27)23-21(28)30-20-10-9-17(22)31-20/h5-10,14H,2-4,11-13H2,1H3,(H,23,28). The molecule has 2 aliphatic rings. The molecule has 0 saturated carbocycles. The number of halogens is 1. The van der Waals surface area contributed by atoms with Crippen LogP contribution in [0.2, 0.25) is 0 Å². The third kappa shape index (κ3) is 5.19. The molecule has 1 unspecified atom stereocenters. The fraction of sp³-hybridized carbons (Fsp3) is 0.381. The highest BCUT2D eigenvalue weighted by atomic mass is 79.9. The number of amides is 2. The van der Waals surface area contributed by atoms with E-state index in [-0.39, 0.29) is 18.4 Å². The van der Waals surface area contributed by atoms with Crippen LogP contribution in [-0.2, 0) is 9.63 Å². The molecule has 1 aromatic heterocycles. The molecule has 3 heterocycles. The number of nitrogens with one attached hydrogen (secondary N) is 1. The SMILES string of the molecule is CON=C1CCCCN1c1ccc(N2CC(NC(=O)Oc3ccc(Br)s3)CC2=O)cc1. The van der Waals surface area contributed by atoms with Crippen molar-refractivity contribution in [3.8, 4) is 5.06 Å². The Morgan fingerprint density at radius 1 is 1.16 bits per heavy atom. The average molecular weight is 507 g/mol. The molecule has 0 spiro atoms. The summed E-state index contributed by atoms with van der Waals surface area (Å²) >= 11 is 4.66. The predicted octanol–water partition coefficient (Wildman–Crippen LogP) is 4.35. The fourth-order valence-corrected chi connectivity index (χ4v) is 4.99. The lowest BCUT2D eigenvalue weighted by atomic mass is 10.1. The van der Waals surface area contributed by atoms with Gasteiger partial charge in [-0.1, -0.05) is 16.5 Å². The number of hydrogen-bond acceptors (Lipinski definition) is 6. The number of hydrogen-bond donors (Lipinski definition) is 1. The van der Waals surface area contributed by atoms with Gasteiger partial charge in [-0.15, -0.1) is 0 Å². The Kier molecular flexibility index (Phi) is 6.77. The Bertz CT molecular complexity index is 978. The van der Waals surface area contributed by atoms with Crippen molar-refractivity contribution in [2.75, 3.05) is 30.0 Å². The van der Waals surface area contributed by atoms with Crippen LogP contribution in [0.15, 0.2) is 45.3 Å². The van der Waals surface area contributed by atoms with E-state index in [0.29, 0.717) is 11.6 Å². The molecule has 4 rings (SSSR count). The first-order valence-electron chi connectivity index (χ1n) is 10.0. The van der Waals surface area contributed by atoms with Gasteiger partial charge >= 0.3 is 6.09 Å². The van der Waals surface area contributed by atoms with Gasteiger partial charge in [-0.05, 0) is 65.2 Å². The number of oxime groups is 1. The van der Waals surface area contributed by atoms with Crippen molar-refractivity contribution in [2.45, 2.75) is 31.7 Å². The molecule has 1 aromatic carbocycles. The number of carbonyl (C=O) groups excluding carboxylic acids is 2. The first-order valence-corrected chi connectivity index (χ1v) is 11.7. The smallest absolute Gasteiger partial charge is 0.399 e. The van der Waals surface area contributed by atoms with Gasteiger partial charge in [0, 0.05) is 37.3 Å². The predicted molar refractivity (Wildman–Crippen MR) is 124 cm³/mol. The van der Waals surface area contributed by atoms with Crippen molar-refractivity contribution in [3.05, 3.63) is 40.2 Å². The van der Waals surface area contributed by atoms with E-state index in [0.717, 1.165) is 46.8 Å². The molecule has 1 atom stereocenters. The summed E-state index contributed by atoms with van der Waals surface area (Å²) in [7, 11) is 1.56. The van der Waals surface area contributed by atoms with Crippen LogP contribution >= 0.6 is 27.3 Å². The highest BCUT2D eigenvalue weighted by molar-refractivity contribution is 9.11. The number of rotatable bonds is 5. The lowest BCUT2D eigenvalue weighted by molar-refractivity contribution is -0.117. The number of nitrogens with zero attached hydrogens (tertiary/aromatic N) is 3. The Morgan fingerprint density at radius 3 is 2.58 bits per heavy atom. The summed E-state index contributed by atoms with van der Waals surface area (Å²) in [6.45, 7) is 1.29. The van der Waals surface area contributed by atoms with Crippen LogP contribution in [0.25, 0.3) is 0 Å². The third-order valence-corrected chi connectivity index (χ3v) is 6.70. The second-order valence-electron chi connectivity index (χ2n) is 7.31. The highest BCUT2D eigenvalue weighted by Gasteiger charge is 2.32. The van der Waals surface area contributed by atoms with Gasteiger partial charge in [-0.3, -0.25) is 4.79 Å². The van der Waals surface area contributed by atoms with Gasteiger partial charge in [0.05, 0.1) is 9.83 Å². The van der Waals surface area contributed by atoms with Crippen molar-refractivity contribution >= 4 is 56.5 Å². The van der Waals surface area contributed by atoms with E-state index in [1.54, 1.807) is 18.1 Å². The Morgan fingerprint density at radius 2 is 1.90 bits per heavy atom. The fourth-order valence-electron chi connectivity index (χ4n) is 3.80. The highest BCUT2D eigenvalue weighted by Crippen LogP contribution is 2.29. The lowest BCUT2D eigenvalue weighted by Gasteiger charge is -2.30. The van der Waals surface area contributed by atoms with Crippen molar-refractivity contribution in [2.24, 2.45) is 5.16 Å². The van der Waals surface area contributed by atoms with Crippen molar-refractivity contribution in [1.29, 1.82) is 0 Å². The molecule has 31 heavy (non-hydrogen) atoms. The molecule has 0 aliphatic carbocycles. The molecule has 8 nitrogen and oxygen atoms in total. The summed E-state index contributed by atoms with van der Waals surface area (Å²) in [5, 5.41) is 7.42. The van der Waals surface area contributed by atoms with Crippen molar-refractivity contribution in [1.82, 2.24) is 5.32 Å². The normalized spacial score (nSPS) is 20.3. The quantitative estimate of drug-likeness (QED) is 0.609. The van der Waals surface area contributed by atoms with Gasteiger partial charge in [-0.25, -0.2) is 4.79 Å². The van der Waals surface area contributed by atoms with Crippen LogP contribution in [0, 0.1) is 0 Å². The topological polar surface area (TPSA) is 83.5 Å². The summed E-state index contributed by atoms with van der Waals surface area (Å²) in [4.78, 5) is 33.5. The van der Waals surface area contributed by atoms with E-state index < -0.39 is 6.09 Å². The second-order valence-corrected chi connectivity index (χ2v) is 9.74. The number of carbonyl (C=O) groups is 2. The molecule has 2 aromatic rings. The Balaban J connectivity index is 1.37. The van der Waals surface area contributed by atoms with Crippen LogP contribution in [-0.4, -0.2) is 44.1 Å². The van der Waals surface area contributed by atoms with Crippen LogP contribution in [0.5, 0.6) is 5.06 Å². The molecular formula is C21H23BrN4O4S. The number of thiophene rings is 1. The molecule has 0 radical (unpaired) electrons. The molecule has 0 bridgehead atoms. The van der Waals surface area contributed by atoms with E-state index in [4.69, 9.17) is 9.57 Å². The summed E-state index contributed by atoms with van der Waals surface area (Å²) < 4.78 is 6.15. The zero-order valence-electron chi connectivity index (χ0n) is 17.0. The molecule has 164 valence electrons. The van der Waals surface area contributed by atoms with Gasteiger partial charge in [0.25, 0.3) is 0 Å². The summed E-state index contributed by atoms with van der Waals surface area (Å²) in [6, 6.07) is 11.1. The monoisotopic (exact) mass is 506 g/mol. The van der Waals surface area contributed by atoms with E-state index in [1.807, 2.05) is 30.3 Å². The summed E-state index contributed by atoms with van der Waals surface area (Å²) in [5.74, 6) is 0.885. The van der Waals surface area contributed by atoms with E-state index in [1.165, 1.54) is 11.3 Å². The van der Waals surface area contributed by atoms with Crippen LogP contribution in [0.1, 0.15) is 25.7 Å². The second kappa shape index (κ2) is 9.69. The van der Waals surface area contributed by atoms with E-state index in [9.17, 15) is 9.59 Å². The number of benzene rings is 1. The number of piperidine rings is 1. The van der Waals surface area contributed by atoms with Crippen LogP contribution in [0.4, 0.5) is 16.2 Å². The van der Waals surface area contributed by atoms with Crippen LogP contribution < -0.4 is 19.9 Å². The number of ether oxygens (including phenoxy) is 1. The summed E-state index contributed by atoms with van der Waals surface area (Å²) in [6.07, 6.45) is 2.76. The molecule has 2 amide bonds. The Hall–Kier alpha value is -2.59. The minimum atomic E-state index is -0.556. The molecule has 1 N–H and O–H groups in total. The lowest BCUT2D eigenvalue weighted by Crippen LogP contribution is -2.38. The van der Waals surface area contributed by atoms with Gasteiger partial charge in [0.1, 0.15) is 12.9 Å². The molecular weight excluding hydrogens is 484 g/mol. The van der Waals surface area contributed by atoms with Gasteiger partial charge in [-0.2, -0.15) is 0 Å². The Labute approximate surface area is 192 Å². The van der Waals surface area contributed by atoms with Crippen LogP contribution in [0.3, 0.4) is 0 Å².